The fourth-order valence-corrected chi connectivity index (χ4v) is 5.00. The molecule has 1 radical (unpaired) electrons. The number of benzene rings is 4. The third-order valence-corrected chi connectivity index (χ3v) is 7.22. The van der Waals surface area contributed by atoms with Crippen LogP contribution in [-0.2, 0) is 26.5 Å². The second kappa shape index (κ2) is 14.3. The smallest absolute Gasteiger partial charge is 0.216 e. The molecule has 8 aromatic rings. The van der Waals surface area contributed by atoms with Crippen molar-refractivity contribution in [2.45, 2.75) is 13.2 Å². The minimum absolute atomic E-state index is 0. The molecular weight excluding hydrogens is 743 g/mol. The summed E-state index contributed by atoms with van der Waals surface area (Å²) >= 11 is 0. The van der Waals surface area contributed by atoms with Crippen LogP contribution < -0.4 is 0 Å². The first-order valence-electron chi connectivity index (χ1n) is 16.9. The van der Waals surface area contributed by atoms with Gasteiger partial charge in [-0.25, -0.2) is 4.98 Å². The van der Waals surface area contributed by atoms with E-state index in [0.29, 0.717) is 22.6 Å². The van der Waals surface area contributed by atoms with Crippen LogP contribution in [0.25, 0.3) is 55.7 Å². The van der Waals surface area contributed by atoms with Crippen LogP contribution >= 0.6 is 0 Å². The molecule has 0 amide bonds. The second-order valence-electron chi connectivity index (χ2n) is 10.2. The Morgan fingerprint density at radius 3 is 2.17 bits per heavy atom. The Morgan fingerprint density at radius 1 is 0.674 bits per heavy atom. The van der Waals surface area contributed by atoms with Gasteiger partial charge in [-0.15, -0.1) is 54.1 Å². The molecule has 225 valence electrons. The minimum atomic E-state index is -2.09. The molecule has 4 aromatic carbocycles. The van der Waals surface area contributed by atoms with Crippen LogP contribution in [0.2, 0.25) is 0 Å². The van der Waals surface area contributed by atoms with Gasteiger partial charge in [-0.3, -0.25) is 0 Å². The molecular formula is C41H29IrN3O-2. The molecule has 0 saturated heterocycles. The molecule has 0 aliphatic heterocycles. The maximum absolute atomic E-state index is 8.63. The molecule has 4 aromatic heterocycles. The SMILES string of the molecule is [2H]C([2H])([2H])c1ccc(-c2[c-]cccc2)nc1.[2H]C([2H])(c1ccccc1)c1ccc2c(n1)oc1c(-c3ccc(-c4ccccc4)cn3)[c-]ccc12.[Ir]. The molecule has 4 nitrogen and oxygen atoms in total. The summed E-state index contributed by atoms with van der Waals surface area (Å²) in [5, 5.41) is 1.73. The first kappa shape index (κ1) is 25.0. The van der Waals surface area contributed by atoms with Crippen molar-refractivity contribution in [2.24, 2.45) is 0 Å². The van der Waals surface area contributed by atoms with Gasteiger partial charge in [-0.2, -0.15) is 0 Å². The first-order valence-corrected chi connectivity index (χ1v) is 14.4. The summed E-state index contributed by atoms with van der Waals surface area (Å²) in [5.74, 6) is 0. The molecule has 5 heteroatoms. The normalized spacial score (nSPS) is 12.8. The van der Waals surface area contributed by atoms with E-state index in [0.717, 1.165) is 44.4 Å². The summed E-state index contributed by atoms with van der Waals surface area (Å²) in [7, 11) is 0. The van der Waals surface area contributed by atoms with E-state index in [9.17, 15) is 0 Å². The summed E-state index contributed by atoms with van der Waals surface area (Å²) in [6.45, 7) is -2.09. The van der Waals surface area contributed by atoms with Gasteiger partial charge < -0.3 is 14.4 Å². The third kappa shape index (κ3) is 6.87. The zero-order valence-electron chi connectivity index (χ0n) is 29.4. The van der Waals surface area contributed by atoms with Crippen molar-refractivity contribution in [3.63, 3.8) is 0 Å². The molecule has 0 unspecified atom stereocenters. The van der Waals surface area contributed by atoms with Crippen molar-refractivity contribution in [3.8, 4) is 33.6 Å². The maximum Gasteiger partial charge on any atom is 0.216 e. The zero-order chi connectivity index (χ0) is 34.7. The molecule has 46 heavy (non-hydrogen) atoms. The van der Waals surface area contributed by atoms with E-state index in [-0.39, 0.29) is 25.7 Å². The quantitative estimate of drug-likeness (QED) is 0.163. The van der Waals surface area contributed by atoms with Crippen LogP contribution in [0, 0.1) is 19.0 Å². The number of aromatic nitrogens is 3. The minimum Gasteiger partial charge on any atom is -0.486 e. The van der Waals surface area contributed by atoms with Crippen molar-refractivity contribution < 1.29 is 31.4 Å². The van der Waals surface area contributed by atoms with Gasteiger partial charge in [0.2, 0.25) is 5.71 Å². The van der Waals surface area contributed by atoms with E-state index in [2.05, 4.69) is 39.2 Å². The Bertz CT molecular complexity index is 2370. The van der Waals surface area contributed by atoms with Gasteiger partial charge in [-0.1, -0.05) is 95.9 Å². The number of rotatable bonds is 5. The average molecular weight is 777 g/mol. The van der Waals surface area contributed by atoms with Gasteiger partial charge in [0, 0.05) is 56.8 Å². The second-order valence-corrected chi connectivity index (χ2v) is 10.2. The summed E-state index contributed by atoms with van der Waals surface area (Å²) < 4.78 is 45.1. The number of aryl methyl sites for hydroxylation is 1. The standard InChI is InChI=1S/C29H19N2O.C12H10N.Ir/c1-3-8-20(9-4-1)18-23-15-16-25-24-12-7-13-26(28(24)32-29(25)31-23)27-17-14-22(19-30-27)21-10-5-2-6-11-21;1-10-7-8-12(13-9-10)11-5-3-2-4-6-11;/h1-12,14-17,19H,18H2;2-5,7-9H,1H3;/q2*-1;/i18D2;1D3;. The van der Waals surface area contributed by atoms with E-state index in [1.165, 1.54) is 6.20 Å². The Kier molecular flexibility index (Phi) is 7.76. The van der Waals surface area contributed by atoms with Crippen LogP contribution in [0.5, 0.6) is 0 Å². The predicted molar refractivity (Wildman–Crippen MR) is 182 cm³/mol. The van der Waals surface area contributed by atoms with Crippen LogP contribution in [0.15, 0.2) is 150 Å². The molecule has 0 aliphatic rings. The predicted octanol–water partition coefficient (Wildman–Crippen LogP) is 9.96. The van der Waals surface area contributed by atoms with Crippen LogP contribution in [0.3, 0.4) is 0 Å². The number of nitrogens with zero attached hydrogens (tertiary/aromatic N) is 3. The Balaban J connectivity index is 0.000000222. The molecule has 4 heterocycles. The fraction of sp³-hybridized carbons (Fsp3) is 0.0488. The van der Waals surface area contributed by atoms with Gasteiger partial charge in [0.1, 0.15) is 0 Å². The van der Waals surface area contributed by atoms with Gasteiger partial charge in [-0.05, 0) is 52.6 Å². The molecule has 0 aliphatic carbocycles. The van der Waals surface area contributed by atoms with E-state index < -0.39 is 13.2 Å². The van der Waals surface area contributed by atoms with E-state index in [1.54, 1.807) is 36.4 Å². The number of pyridine rings is 3. The number of fused-ring (bicyclic) bond motifs is 3. The maximum atomic E-state index is 8.63. The van der Waals surface area contributed by atoms with Gasteiger partial charge in [0.25, 0.3) is 0 Å². The number of furan rings is 1. The Hall–Kier alpha value is -5.22. The summed E-state index contributed by atoms with van der Waals surface area (Å²) in [6, 6.07) is 47.6. The van der Waals surface area contributed by atoms with Gasteiger partial charge >= 0.3 is 0 Å². The molecule has 0 saturated carbocycles. The topological polar surface area (TPSA) is 51.8 Å². The van der Waals surface area contributed by atoms with E-state index in [1.807, 2.05) is 91.1 Å². The van der Waals surface area contributed by atoms with Crippen molar-refractivity contribution in [1.82, 2.24) is 15.0 Å². The summed E-state index contributed by atoms with van der Waals surface area (Å²) in [4.78, 5) is 13.4. The fourth-order valence-electron chi connectivity index (χ4n) is 5.00. The molecule has 0 fully saturated rings. The van der Waals surface area contributed by atoms with Crippen LogP contribution in [-0.4, -0.2) is 15.0 Å². The first-order chi connectivity index (χ1) is 24.2. The molecule has 0 bridgehead atoms. The van der Waals surface area contributed by atoms with E-state index in [4.69, 9.17) is 11.3 Å². The van der Waals surface area contributed by atoms with Crippen LogP contribution in [0.4, 0.5) is 0 Å². The largest absolute Gasteiger partial charge is 0.486 e. The third-order valence-electron chi connectivity index (χ3n) is 7.22. The summed E-state index contributed by atoms with van der Waals surface area (Å²) in [5.41, 5.74) is 7.40. The summed E-state index contributed by atoms with van der Waals surface area (Å²) in [6.07, 6.45) is 1.51. The number of hydrogen-bond acceptors (Lipinski definition) is 4. The number of hydrogen-bond donors (Lipinski definition) is 0. The monoisotopic (exact) mass is 777 g/mol. The zero-order valence-corrected chi connectivity index (χ0v) is 26.8. The Labute approximate surface area is 289 Å². The molecule has 0 atom stereocenters. The van der Waals surface area contributed by atoms with Crippen LogP contribution in [0.1, 0.15) is 23.7 Å². The Morgan fingerprint density at radius 2 is 1.46 bits per heavy atom. The van der Waals surface area contributed by atoms with E-state index >= 15 is 0 Å². The van der Waals surface area contributed by atoms with Gasteiger partial charge in [0.05, 0.1) is 5.58 Å². The molecule has 0 spiro atoms. The van der Waals surface area contributed by atoms with Crippen molar-refractivity contribution in [1.29, 1.82) is 0 Å². The van der Waals surface area contributed by atoms with Crippen molar-refractivity contribution in [2.75, 3.05) is 0 Å². The molecule has 0 N–H and O–H groups in total. The van der Waals surface area contributed by atoms with Gasteiger partial charge in [0.15, 0.2) is 0 Å². The molecule has 8 rings (SSSR count). The van der Waals surface area contributed by atoms with Crippen molar-refractivity contribution in [3.05, 3.63) is 175 Å². The van der Waals surface area contributed by atoms with Crippen molar-refractivity contribution >= 4 is 22.1 Å². The average Bonchev–Trinajstić information content (AvgIpc) is 3.54.